The van der Waals surface area contributed by atoms with Gasteiger partial charge in [-0.2, -0.15) is 4.98 Å². The Bertz CT molecular complexity index is 494. The summed E-state index contributed by atoms with van der Waals surface area (Å²) >= 11 is 1.64. The van der Waals surface area contributed by atoms with Crippen LogP contribution >= 0.6 is 11.3 Å². The third-order valence-corrected chi connectivity index (χ3v) is 4.44. The van der Waals surface area contributed by atoms with Gasteiger partial charge in [-0.1, -0.05) is 24.6 Å². The molecule has 2 aromatic heterocycles. The first kappa shape index (κ1) is 11.9. The Hall–Kier alpha value is -1.20. The van der Waals surface area contributed by atoms with Gasteiger partial charge in [0, 0.05) is 0 Å². The van der Waals surface area contributed by atoms with Crippen molar-refractivity contribution in [3.63, 3.8) is 0 Å². The molecule has 0 bridgehead atoms. The van der Waals surface area contributed by atoms with Crippen LogP contribution in [0.1, 0.15) is 38.1 Å². The smallest absolute Gasteiger partial charge is 0.244 e. The fraction of sp³-hybridized carbons (Fsp3) is 0.538. The third-order valence-electron chi connectivity index (χ3n) is 3.57. The topological polar surface area (TPSA) is 51.0 Å². The number of hydrogen-bond donors (Lipinski definition) is 1. The maximum Gasteiger partial charge on any atom is 0.244 e. The maximum absolute atomic E-state index is 5.40. The summed E-state index contributed by atoms with van der Waals surface area (Å²) in [6.07, 6.45) is 3.57. The van der Waals surface area contributed by atoms with E-state index in [0.717, 1.165) is 29.7 Å². The molecule has 96 valence electrons. The third kappa shape index (κ3) is 2.33. The van der Waals surface area contributed by atoms with Gasteiger partial charge in [-0.05, 0) is 36.8 Å². The van der Waals surface area contributed by atoms with Crippen LogP contribution in [0, 0.1) is 5.92 Å². The van der Waals surface area contributed by atoms with E-state index in [9.17, 15) is 0 Å². The molecular formula is C13H17N3OS. The van der Waals surface area contributed by atoms with Crippen molar-refractivity contribution in [2.75, 3.05) is 6.54 Å². The van der Waals surface area contributed by atoms with Crippen LogP contribution < -0.4 is 5.32 Å². The molecule has 0 aliphatic carbocycles. The number of nitrogens with zero attached hydrogens (tertiary/aromatic N) is 2. The average molecular weight is 263 g/mol. The predicted octanol–water partition coefficient (Wildman–Crippen LogP) is 3.25. The van der Waals surface area contributed by atoms with Gasteiger partial charge in [-0.15, -0.1) is 11.3 Å². The molecule has 4 nitrogen and oxygen atoms in total. The Morgan fingerprint density at radius 2 is 2.50 bits per heavy atom. The van der Waals surface area contributed by atoms with Crippen molar-refractivity contribution in [1.29, 1.82) is 0 Å². The molecule has 1 aliphatic heterocycles. The van der Waals surface area contributed by atoms with Gasteiger partial charge in [0.1, 0.15) is 0 Å². The van der Waals surface area contributed by atoms with Crippen molar-refractivity contribution in [3.8, 4) is 10.7 Å². The van der Waals surface area contributed by atoms with E-state index in [-0.39, 0.29) is 6.04 Å². The number of aromatic nitrogens is 2. The lowest BCUT2D eigenvalue weighted by Gasteiger charge is -2.27. The number of nitrogens with one attached hydrogen (secondary N) is 1. The molecule has 1 fully saturated rings. The Morgan fingerprint density at radius 3 is 3.28 bits per heavy atom. The molecule has 3 heterocycles. The lowest BCUT2D eigenvalue weighted by atomic mass is 9.90. The molecule has 0 aromatic carbocycles. The molecule has 2 atom stereocenters. The summed E-state index contributed by atoms with van der Waals surface area (Å²) in [6.45, 7) is 3.29. The van der Waals surface area contributed by atoms with Crippen LogP contribution in [0.5, 0.6) is 0 Å². The Morgan fingerprint density at radius 1 is 1.56 bits per heavy atom. The summed E-state index contributed by atoms with van der Waals surface area (Å²) in [4.78, 5) is 5.58. The van der Waals surface area contributed by atoms with Gasteiger partial charge in [0.25, 0.3) is 0 Å². The lowest BCUT2D eigenvalue weighted by Crippen LogP contribution is -2.31. The lowest BCUT2D eigenvalue weighted by molar-refractivity contribution is 0.246. The summed E-state index contributed by atoms with van der Waals surface area (Å²) < 4.78 is 5.40. The zero-order chi connectivity index (χ0) is 12.4. The highest BCUT2D eigenvalue weighted by molar-refractivity contribution is 7.13. The van der Waals surface area contributed by atoms with Crippen LogP contribution in [0.2, 0.25) is 0 Å². The molecule has 5 heteroatoms. The molecule has 0 amide bonds. The van der Waals surface area contributed by atoms with Crippen LogP contribution in [0.15, 0.2) is 22.0 Å². The van der Waals surface area contributed by atoms with Crippen LogP contribution in [0.25, 0.3) is 10.7 Å². The SMILES string of the molecule is CCC1CCNC(c2nc(-c3cccs3)no2)C1. The highest BCUT2D eigenvalue weighted by atomic mass is 32.1. The summed E-state index contributed by atoms with van der Waals surface area (Å²) in [6, 6.07) is 4.25. The van der Waals surface area contributed by atoms with Crippen LogP contribution in [-0.2, 0) is 0 Å². The predicted molar refractivity (Wildman–Crippen MR) is 71.4 cm³/mol. The van der Waals surface area contributed by atoms with Gasteiger partial charge in [0.2, 0.25) is 11.7 Å². The minimum absolute atomic E-state index is 0.227. The number of thiophene rings is 1. The fourth-order valence-corrected chi connectivity index (χ4v) is 3.09. The molecule has 2 unspecified atom stereocenters. The van der Waals surface area contributed by atoms with Crippen molar-refractivity contribution in [1.82, 2.24) is 15.5 Å². The van der Waals surface area contributed by atoms with Gasteiger partial charge in [-0.3, -0.25) is 0 Å². The van der Waals surface area contributed by atoms with E-state index in [4.69, 9.17) is 4.52 Å². The van der Waals surface area contributed by atoms with Crippen molar-refractivity contribution in [2.45, 2.75) is 32.2 Å². The van der Waals surface area contributed by atoms with Crippen molar-refractivity contribution < 1.29 is 4.52 Å². The van der Waals surface area contributed by atoms with Gasteiger partial charge >= 0.3 is 0 Å². The second-order valence-electron chi connectivity index (χ2n) is 4.74. The molecule has 0 spiro atoms. The molecule has 0 radical (unpaired) electrons. The average Bonchev–Trinajstić information content (AvgIpc) is 3.09. The van der Waals surface area contributed by atoms with Gasteiger partial charge < -0.3 is 9.84 Å². The zero-order valence-electron chi connectivity index (χ0n) is 10.4. The molecule has 18 heavy (non-hydrogen) atoms. The monoisotopic (exact) mass is 263 g/mol. The number of rotatable bonds is 3. The first-order valence-corrected chi connectivity index (χ1v) is 7.35. The van der Waals surface area contributed by atoms with E-state index in [1.165, 1.54) is 12.8 Å². The molecule has 3 rings (SSSR count). The van der Waals surface area contributed by atoms with E-state index < -0.39 is 0 Å². The van der Waals surface area contributed by atoms with Crippen molar-refractivity contribution in [2.24, 2.45) is 5.92 Å². The van der Waals surface area contributed by atoms with Crippen molar-refractivity contribution >= 4 is 11.3 Å². The molecule has 1 N–H and O–H groups in total. The standard InChI is InChI=1S/C13H17N3OS/c1-2-9-5-6-14-10(8-9)13-15-12(16-17-13)11-4-3-7-18-11/h3-4,7,9-10,14H,2,5-6,8H2,1H3. The molecule has 2 aromatic rings. The highest BCUT2D eigenvalue weighted by Crippen LogP contribution is 2.30. The van der Waals surface area contributed by atoms with Crippen LogP contribution in [-0.4, -0.2) is 16.7 Å². The summed E-state index contributed by atoms with van der Waals surface area (Å²) in [5.41, 5.74) is 0. The quantitative estimate of drug-likeness (QED) is 0.923. The number of hydrogen-bond acceptors (Lipinski definition) is 5. The first-order valence-electron chi connectivity index (χ1n) is 6.47. The van der Waals surface area contributed by atoms with Gasteiger partial charge in [-0.25, -0.2) is 0 Å². The van der Waals surface area contributed by atoms with E-state index in [1.807, 2.05) is 17.5 Å². The normalized spacial score (nSPS) is 24.3. The first-order chi connectivity index (χ1) is 8.86. The second-order valence-corrected chi connectivity index (χ2v) is 5.69. The molecule has 1 saturated heterocycles. The molecule has 0 saturated carbocycles. The van der Waals surface area contributed by atoms with Gasteiger partial charge in [0.15, 0.2) is 0 Å². The second kappa shape index (κ2) is 5.20. The van der Waals surface area contributed by atoms with Gasteiger partial charge in [0.05, 0.1) is 10.9 Å². The minimum Gasteiger partial charge on any atom is -0.337 e. The largest absolute Gasteiger partial charge is 0.337 e. The van der Waals surface area contributed by atoms with Crippen LogP contribution in [0.4, 0.5) is 0 Å². The molecular weight excluding hydrogens is 246 g/mol. The zero-order valence-corrected chi connectivity index (χ0v) is 11.2. The summed E-state index contributed by atoms with van der Waals surface area (Å²) in [5.74, 6) is 2.21. The Balaban J connectivity index is 1.77. The summed E-state index contributed by atoms with van der Waals surface area (Å²) in [5, 5.41) is 9.56. The Labute approximate surface area is 110 Å². The van der Waals surface area contributed by atoms with Crippen LogP contribution in [0.3, 0.4) is 0 Å². The highest BCUT2D eigenvalue weighted by Gasteiger charge is 2.26. The Kier molecular flexibility index (Phi) is 3.43. The van der Waals surface area contributed by atoms with Crippen molar-refractivity contribution in [3.05, 3.63) is 23.4 Å². The number of piperidine rings is 1. The summed E-state index contributed by atoms with van der Waals surface area (Å²) in [7, 11) is 0. The van der Waals surface area contributed by atoms with E-state index in [0.29, 0.717) is 5.82 Å². The minimum atomic E-state index is 0.227. The van der Waals surface area contributed by atoms with E-state index in [1.54, 1.807) is 11.3 Å². The molecule has 1 aliphatic rings. The van der Waals surface area contributed by atoms with E-state index in [2.05, 4.69) is 22.4 Å². The maximum atomic E-state index is 5.40. The fourth-order valence-electron chi connectivity index (χ4n) is 2.44. The van der Waals surface area contributed by atoms with E-state index >= 15 is 0 Å².